The maximum Gasteiger partial charge on any atom is 0.348 e. The van der Waals surface area contributed by atoms with Gasteiger partial charge < -0.3 is 40.3 Å². The Hall–Kier alpha value is -7.36. The summed E-state index contributed by atoms with van der Waals surface area (Å²) in [7, 11) is 0. The van der Waals surface area contributed by atoms with E-state index in [2.05, 4.69) is 49.2 Å². The largest absolute Gasteiger partial charge is 0.508 e. The molecule has 0 saturated carbocycles. The molecule has 72 heavy (non-hydrogen) atoms. The molecule has 5 N–H and O–H groups in total. The van der Waals surface area contributed by atoms with E-state index in [1.54, 1.807) is 11.0 Å². The maximum atomic E-state index is 14.0. The average molecular weight is 996 g/mol. The number of amides is 3. The van der Waals surface area contributed by atoms with Crippen LogP contribution in [0.3, 0.4) is 0 Å². The smallest absolute Gasteiger partial charge is 0.348 e. The lowest BCUT2D eigenvalue weighted by molar-refractivity contribution is -0.136. The Morgan fingerprint density at radius 1 is 0.931 bits per heavy atom. The molecule has 18 nitrogen and oxygen atoms in total. The fourth-order valence-corrected chi connectivity index (χ4v) is 11.3. The van der Waals surface area contributed by atoms with Crippen molar-refractivity contribution in [2.75, 3.05) is 68.8 Å². The second-order valence-corrected chi connectivity index (χ2v) is 20.2. The molecule has 6 heterocycles. The summed E-state index contributed by atoms with van der Waals surface area (Å²) in [6.45, 7) is 10.2. The molecule has 2 atom stereocenters. The second kappa shape index (κ2) is 20.4. The summed E-state index contributed by atoms with van der Waals surface area (Å²) < 4.78 is 7.88. The minimum absolute atomic E-state index is 0.0148. The van der Waals surface area contributed by atoms with Gasteiger partial charge in [0, 0.05) is 80.4 Å². The lowest BCUT2D eigenvalue weighted by Crippen LogP contribution is -2.57. The highest BCUT2D eigenvalue weighted by atomic mass is 35.5. The number of carbonyl (C=O) groups excluding carboxylic acids is 2. The van der Waals surface area contributed by atoms with Crippen LogP contribution in [0.4, 0.5) is 16.3 Å². The predicted molar refractivity (Wildman–Crippen MR) is 273 cm³/mol. The first-order valence-electron chi connectivity index (χ1n) is 24.8. The lowest BCUT2D eigenvalue weighted by Gasteiger charge is -2.41. The zero-order chi connectivity index (χ0) is 50.2. The molecular weight excluding hydrogens is 936 g/mol. The molecule has 0 radical (unpaired) electrons. The van der Waals surface area contributed by atoms with Crippen LogP contribution in [0.25, 0.3) is 27.8 Å². The summed E-state index contributed by atoms with van der Waals surface area (Å²) in [4.78, 5) is 59.6. The Morgan fingerprint density at radius 2 is 1.71 bits per heavy atom. The number of benzene rings is 4. The first kappa shape index (κ1) is 48.3. The van der Waals surface area contributed by atoms with Crippen molar-refractivity contribution in [1.82, 2.24) is 39.4 Å². The number of nitrogens with two attached hydrogens (primary N) is 1. The van der Waals surface area contributed by atoms with Gasteiger partial charge in [0.05, 0.1) is 53.7 Å². The number of carbonyl (C=O) groups is 2. The highest BCUT2D eigenvalue weighted by molar-refractivity contribution is 6.36. The molecule has 3 fully saturated rings. The van der Waals surface area contributed by atoms with Crippen molar-refractivity contribution in [1.29, 1.82) is 5.26 Å². The van der Waals surface area contributed by atoms with E-state index < -0.39 is 11.7 Å². The minimum atomic E-state index is -0.541. The van der Waals surface area contributed by atoms with Crippen LogP contribution in [0.5, 0.6) is 17.5 Å². The van der Waals surface area contributed by atoms with E-state index in [4.69, 9.17) is 32.0 Å². The highest BCUT2D eigenvalue weighted by Crippen LogP contribution is 2.39. The first-order chi connectivity index (χ1) is 34.8. The van der Waals surface area contributed by atoms with Crippen molar-refractivity contribution in [3.8, 4) is 40.7 Å². The number of halogens is 1. The van der Waals surface area contributed by atoms with Crippen LogP contribution in [0.1, 0.15) is 67.8 Å². The molecule has 0 spiro atoms. The third-order valence-corrected chi connectivity index (χ3v) is 15.2. The number of likely N-dealkylation sites (tertiary alicyclic amines) is 2. The number of aromatic amines is 1. The van der Waals surface area contributed by atoms with Crippen LogP contribution >= 0.6 is 11.6 Å². The van der Waals surface area contributed by atoms with Gasteiger partial charge in [-0.25, -0.2) is 19.3 Å². The number of ether oxygens (including phenoxy) is 1. The number of fused-ring (bicyclic) bond motifs is 2. The maximum absolute atomic E-state index is 14.0. The summed E-state index contributed by atoms with van der Waals surface area (Å²) in [6, 6.07) is 24.3. The third-order valence-electron chi connectivity index (χ3n) is 14.9. The van der Waals surface area contributed by atoms with Crippen molar-refractivity contribution in [3.05, 3.63) is 111 Å². The number of H-pyrrole nitrogens is 1. The molecule has 10 rings (SSSR count). The van der Waals surface area contributed by atoms with Gasteiger partial charge in [-0.05, 0) is 91.5 Å². The van der Waals surface area contributed by atoms with E-state index in [0.717, 1.165) is 71.5 Å². The first-order valence-corrected chi connectivity index (χ1v) is 25.2. The quantitative estimate of drug-likeness (QED) is 0.102. The summed E-state index contributed by atoms with van der Waals surface area (Å²) >= 11 is 6.78. The molecule has 3 amide bonds. The number of nitrogens with zero attached hydrogens (tertiary/aromatic N) is 10. The van der Waals surface area contributed by atoms with Crippen LogP contribution < -0.4 is 26.0 Å². The van der Waals surface area contributed by atoms with Gasteiger partial charge in [-0.2, -0.15) is 20.3 Å². The number of phenolic OH excluding ortho intramolecular Hbond substituents is 2. The second-order valence-electron chi connectivity index (χ2n) is 19.8. The Kier molecular flexibility index (Phi) is 13.7. The van der Waals surface area contributed by atoms with E-state index in [0.29, 0.717) is 87.2 Å². The number of aromatic hydroxyl groups is 2. The Balaban J connectivity index is 0.769. The number of piperazine rings is 1. The number of anilines is 2. The Bertz CT molecular complexity index is 3100. The van der Waals surface area contributed by atoms with E-state index in [-0.39, 0.29) is 59.5 Å². The van der Waals surface area contributed by atoms with Crippen molar-refractivity contribution in [2.45, 2.75) is 71.0 Å². The molecule has 0 unspecified atom stereocenters. The summed E-state index contributed by atoms with van der Waals surface area (Å²) in [5, 5.41) is 40.2. The highest BCUT2D eigenvalue weighted by Gasteiger charge is 2.36. The number of piperidine rings is 1. The average Bonchev–Trinajstić information content (AvgIpc) is 4.02. The van der Waals surface area contributed by atoms with E-state index in [1.807, 2.05) is 61.2 Å². The summed E-state index contributed by atoms with van der Waals surface area (Å²) in [5.41, 5.74) is 10.8. The molecule has 19 heteroatoms. The number of urea groups is 1. The van der Waals surface area contributed by atoms with Gasteiger partial charge in [0.15, 0.2) is 5.82 Å². The standard InChI is InChI=1S/C53H59ClN12O6/c1-32(2)40-25-41(46(68)26-45(40)67)49-59-60-53(71)66(49)37-11-9-33(10-12-37)27-61-19-15-36(16-20-61)50(69)64-21-14-34(28-64)31-72-52-57-43-30-62(44-8-4-6-35-5-3-7-42(54)47(35)44)22-17-39(43)48(58-52)63-23-24-65(51(56)70)38(29-63)13-18-55/h3-12,25-26,32,34,36,38,67-68H,13-17,19-24,27-31H2,1-2H3,(H2,56,70)(H,60,71)/t34-,38+/m1/s1. The summed E-state index contributed by atoms with van der Waals surface area (Å²) in [5.74, 6) is 1.01. The number of aromatic nitrogens is 5. The van der Waals surface area contributed by atoms with Gasteiger partial charge in [0.25, 0.3) is 0 Å². The van der Waals surface area contributed by atoms with Crippen LogP contribution in [-0.2, 0) is 24.3 Å². The molecule has 0 aliphatic carbocycles. The molecule has 4 aliphatic heterocycles. The van der Waals surface area contributed by atoms with Crippen LogP contribution in [0.15, 0.2) is 77.6 Å². The fraction of sp³-hybridized carbons (Fsp3) is 0.415. The van der Waals surface area contributed by atoms with Gasteiger partial charge in [0.1, 0.15) is 17.3 Å². The molecule has 4 aromatic carbocycles. The normalized spacial score (nSPS) is 18.7. The molecule has 6 aromatic rings. The fourth-order valence-electron chi connectivity index (χ4n) is 11.0. The van der Waals surface area contributed by atoms with Gasteiger partial charge in [-0.3, -0.25) is 9.69 Å². The van der Waals surface area contributed by atoms with Gasteiger partial charge in [-0.1, -0.05) is 61.8 Å². The number of hydrogen-bond donors (Lipinski definition) is 4. The molecular formula is C53H59ClN12O6. The lowest BCUT2D eigenvalue weighted by atomic mass is 9.95. The number of nitriles is 1. The minimum Gasteiger partial charge on any atom is -0.508 e. The van der Waals surface area contributed by atoms with E-state index in [1.165, 1.54) is 10.6 Å². The van der Waals surface area contributed by atoms with Crippen molar-refractivity contribution < 1.29 is 24.5 Å². The Morgan fingerprint density at radius 3 is 2.46 bits per heavy atom. The van der Waals surface area contributed by atoms with Gasteiger partial charge in [-0.15, -0.1) is 0 Å². The molecule has 0 bridgehead atoms. The molecule has 4 aliphatic rings. The zero-order valence-electron chi connectivity index (χ0n) is 40.5. The number of rotatable bonds is 12. The molecule has 374 valence electrons. The predicted octanol–water partition coefficient (Wildman–Crippen LogP) is 6.54. The third kappa shape index (κ3) is 9.70. The van der Waals surface area contributed by atoms with Gasteiger partial charge >= 0.3 is 17.7 Å². The van der Waals surface area contributed by atoms with E-state index in [9.17, 15) is 29.9 Å². The molecule has 2 aromatic heterocycles. The number of nitrogens with one attached hydrogen (secondary N) is 1. The van der Waals surface area contributed by atoms with Crippen LogP contribution in [-0.4, -0.2) is 127 Å². The SMILES string of the molecule is CC(C)c1cc(-c2n[nH]c(=O)n2-c2ccc(CN3CCC(C(=O)N4CC[C@@H](COc5nc6c(c(N7CCN(C(N)=O)[C@@H](CC#N)C7)n5)CCN(c5cccc7cccc(Cl)c57)C6)C4)CC3)cc2)c(O)cc1O. The monoisotopic (exact) mass is 994 g/mol. The van der Waals surface area contributed by atoms with Crippen LogP contribution in [0, 0.1) is 23.2 Å². The summed E-state index contributed by atoms with van der Waals surface area (Å²) in [6.07, 6.45) is 3.14. The number of primary amides is 1. The zero-order valence-corrected chi connectivity index (χ0v) is 41.3. The van der Waals surface area contributed by atoms with Crippen molar-refractivity contribution in [2.24, 2.45) is 17.6 Å². The van der Waals surface area contributed by atoms with Gasteiger partial charge in [0.2, 0.25) is 5.91 Å². The van der Waals surface area contributed by atoms with Crippen LogP contribution in [0.2, 0.25) is 5.02 Å². The topological polar surface area (TPSA) is 226 Å². The Labute approximate surface area is 422 Å². The van der Waals surface area contributed by atoms with Crippen molar-refractivity contribution >= 4 is 45.8 Å². The number of phenols is 2. The molecule has 3 saturated heterocycles. The van der Waals surface area contributed by atoms with Crippen molar-refractivity contribution in [3.63, 3.8) is 0 Å². The number of hydrogen-bond acceptors (Lipinski definition) is 13. The van der Waals surface area contributed by atoms with E-state index >= 15 is 0 Å².